The van der Waals surface area contributed by atoms with E-state index in [0.29, 0.717) is 12.0 Å². The number of aryl methyl sites for hydroxylation is 2. The van der Waals surface area contributed by atoms with Gasteiger partial charge in [-0.3, -0.25) is 10.00 Å². The maximum absolute atomic E-state index is 12.5. The number of benzene rings is 1. The fourth-order valence-corrected chi connectivity index (χ4v) is 3.61. The molecule has 3 rings (SSSR count). The molecule has 0 unspecified atom stereocenters. The molecule has 2 amide bonds. The molecule has 0 aliphatic heterocycles. The monoisotopic (exact) mass is 326 g/mol. The molecule has 1 fully saturated rings. The Morgan fingerprint density at radius 1 is 1.21 bits per heavy atom. The number of amides is 2. The molecule has 0 saturated heterocycles. The van der Waals surface area contributed by atoms with Crippen molar-refractivity contribution in [1.29, 1.82) is 0 Å². The third-order valence-corrected chi connectivity index (χ3v) is 5.07. The predicted octanol–water partition coefficient (Wildman–Crippen LogP) is 3.92. The number of aromatic nitrogens is 2. The van der Waals surface area contributed by atoms with Crippen LogP contribution in [0.15, 0.2) is 36.4 Å². The average Bonchev–Trinajstić information content (AvgIpc) is 2.92. The summed E-state index contributed by atoms with van der Waals surface area (Å²) in [4.78, 5) is 14.3. The molecule has 0 spiro atoms. The van der Waals surface area contributed by atoms with Gasteiger partial charge in [-0.1, -0.05) is 30.3 Å². The predicted molar refractivity (Wildman–Crippen MR) is 96.2 cm³/mol. The molecule has 1 aliphatic rings. The lowest BCUT2D eigenvalue weighted by molar-refractivity contribution is 0.181. The Kier molecular flexibility index (Phi) is 4.88. The molecule has 1 aliphatic carbocycles. The van der Waals surface area contributed by atoms with E-state index in [2.05, 4.69) is 40.7 Å². The first-order valence-corrected chi connectivity index (χ1v) is 8.64. The van der Waals surface area contributed by atoms with Crippen LogP contribution in [-0.2, 0) is 7.05 Å². The Bertz CT molecular complexity index is 687. The molecule has 1 N–H and O–H groups in total. The van der Waals surface area contributed by atoms with Crippen LogP contribution in [0.25, 0.3) is 0 Å². The highest BCUT2D eigenvalue weighted by atomic mass is 16.2. The molecular formula is C19H26N4O. The van der Waals surface area contributed by atoms with Crippen molar-refractivity contribution in [2.75, 3.05) is 12.4 Å². The lowest BCUT2D eigenvalue weighted by Gasteiger charge is -2.34. The second-order valence-corrected chi connectivity index (χ2v) is 6.75. The molecule has 1 saturated carbocycles. The third-order valence-electron chi connectivity index (χ3n) is 5.07. The van der Waals surface area contributed by atoms with Crippen LogP contribution in [0.4, 0.5) is 10.6 Å². The Morgan fingerprint density at radius 2 is 1.88 bits per heavy atom. The standard InChI is InChI=1S/C19H26N4O/c1-14-13-18(23(3)21-14)20-19(24)22(2)17-11-9-16(10-12-17)15-7-5-4-6-8-15/h4-8,13,16-17H,9-12H2,1-3H3,(H,20,24). The number of nitrogens with one attached hydrogen (secondary N) is 1. The second kappa shape index (κ2) is 7.07. The van der Waals surface area contributed by atoms with Crippen LogP contribution in [0.1, 0.15) is 42.9 Å². The summed E-state index contributed by atoms with van der Waals surface area (Å²) < 4.78 is 1.70. The number of hydrogen-bond donors (Lipinski definition) is 1. The molecule has 1 aromatic heterocycles. The zero-order chi connectivity index (χ0) is 17.1. The van der Waals surface area contributed by atoms with Crippen molar-refractivity contribution in [1.82, 2.24) is 14.7 Å². The summed E-state index contributed by atoms with van der Waals surface area (Å²) in [7, 11) is 3.74. The highest BCUT2D eigenvalue weighted by molar-refractivity contribution is 5.88. The van der Waals surface area contributed by atoms with Gasteiger partial charge >= 0.3 is 6.03 Å². The minimum Gasteiger partial charge on any atom is -0.325 e. The normalized spacial score (nSPS) is 20.6. The van der Waals surface area contributed by atoms with E-state index >= 15 is 0 Å². The molecule has 24 heavy (non-hydrogen) atoms. The van der Waals surface area contributed by atoms with Gasteiger partial charge in [-0.2, -0.15) is 5.10 Å². The van der Waals surface area contributed by atoms with Gasteiger partial charge < -0.3 is 4.90 Å². The molecular weight excluding hydrogens is 300 g/mol. The highest BCUT2D eigenvalue weighted by Crippen LogP contribution is 2.34. The van der Waals surface area contributed by atoms with E-state index in [1.165, 1.54) is 5.56 Å². The van der Waals surface area contributed by atoms with Crippen LogP contribution < -0.4 is 5.32 Å². The van der Waals surface area contributed by atoms with E-state index in [-0.39, 0.29) is 6.03 Å². The van der Waals surface area contributed by atoms with Gasteiger partial charge in [-0.05, 0) is 44.1 Å². The lowest BCUT2D eigenvalue weighted by Crippen LogP contribution is -2.41. The highest BCUT2D eigenvalue weighted by Gasteiger charge is 2.27. The maximum atomic E-state index is 12.5. The minimum absolute atomic E-state index is 0.0545. The van der Waals surface area contributed by atoms with Crippen molar-refractivity contribution in [3.63, 3.8) is 0 Å². The van der Waals surface area contributed by atoms with Crippen molar-refractivity contribution in [2.45, 2.75) is 44.6 Å². The third kappa shape index (κ3) is 3.61. The van der Waals surface area contributed by atoms with Crippen molar-refractivity contribution in [3.05, 3.63) is 47.7 Å². The van der Waals surface area contributed by atoms with Gasteiger partial charge in [-0.25, -0.2) is 4.79 Å². The lowest BCUT2D eigenvalue weighted by atomic mass is 9.81. The van der Waals surface area contributed by atoms with E-state index in [1.54, 1.807) is 4.68 Å². The fourth-order valence-electron chi connectivity index (χ4n) is 3.61. The smallest absolute Gasteiger partial charge is 0.322 e. The summed E-state index contributed by atoms with van der Waals surface area (Å²) in [6.45, 7) is 1.92. The summed E-state index contributed by atoms with van der Waals surface area (Å²) in [5.74, 6) is 1.36. The van der Waals surface area contributed by atoms with Crippen LogP contribution in [0.3, 0.4) is 0 Å². The molecule has 5 heteroatoms. The van der Waals surface area contributed by atoms with Crippen molar-refractivity contribution < 1.29 is 4.79 Å². The first-order chi connectivity index (χ1) is 11.5. The first kappa shape index (κ1) is 16.6. The molecule has 0 bridgehead atoms. The van der Waals surface area contributed by atoms with Gasteiger partial charge in [0.05, 0.1) is 5.69 Å². The van der Waals surface area contributed by atoms with E-state index in [9.17, 15) is 4.79 Å². The van der Waals surface area contributed by atoms with Gasteiger partial charge in [0.25, 0.3) is 0 Å². The van der Waals surface area contributed by atoms with E-state index in [1.807, 2.05) is 32.0 Å². The van der Waals surface area contributed by atoms with Crippen molar-refractivity contribution >= 4 is 11.8 Å². The maximum Gasteiger partial charge on any atom is 0.322 e. The van der Waals surface area contributed by atoms with Gasteiger partial charge in [0.1, 0.15) is 5.82 Å². The molecule has 5 nitrogen and oxygen atoms in total. The Balaban J connectivity index is 1.55. The van der Waals surface area contributed by atoms with Crippen molar-refractivity contribution in [2.24, 2.45) is 7.05 Å². The molecule has 1 aromatic carbocycles. The summed E-state index contributed by atoms with van der Waals surface area (Å²) in [5.41, 5.74) is 2.33. The number of anilines is 1. The first-order valence-electron chi connectivity index (χ1n) is 8.64. The number of carbonyl (C=O) groups is 1. The van der Waals surface area contributed by atoms with Crippen LogP contribution in [-0.4, -0.2) is 33.8 Å². The number of nitrogens with zero attached hydrogens (tertiary/aromatic N) is 3. The minimum atomic E-state index is -0.0545. The van der Waals surface area contributed by atoms with E-state index in [0.717, 1.165) is 37.2 Å². The zero-order valence-electron chi connectivity index (χ0n) is 14.7. The molecule has 128 valence electrons. The van der Waals surface area contributed by atoms with Crippen LogP contribution in [0, 0.1) is 6.92 Å². The summed E-state index contributed by atoms with van der Waals surface area (Å²) in [6, 6.07) is 12.8. The van der Waals surface area contributed by atoms with Crippen LogP contribution in [0.2, 0.25) is 0 Å². The van der Waals surface area contributed by atoms with Gasteiger partial charge in [0.2, 0.25) is 0 Å². The van der Waals surface area contributed by atoms with Crippen LogP contribution >= 0.6 is 0 Å². The number of urea groups is 1. The fraction of sp³-hybridized carbons (Fsp3) is 0.474. The van der Waals surface area contributed by atoms with Crippen LogP contribution in [0.5, 0.6) is 0 Å². The Labute approximate surface area is 143 Å². The number of carbonyl (C=O) groups excluding carboxylic acids is 1. The van der Waals surface area contributed by atoms with Gasteiger partial charge in [0.15, 0.2) is 0 Å². The van der Waals surface area contributed by atoms with Gasteiger partial charge in [-0.15, -0.1) is 0 Å². The molecule has 0 atom stereocenters. The number of rotatable bonds is 3. The largest absolute Gasteiger partial charge is 0.325 e. The summed E-state index contributed by atoms with van der Waals surface area (Å²) >= 11 is 0. The topological polar surface area (TPSA) is 50.2 Å². The quantitative estimate of drug-likeness (QED) is 0.929. The zero-order valence-corrected chi connectivity index (χ0v) is 14.7. The SMILES string of the molecule is Cc1cc(NC(=O)N(C)C2CCC(c3ccccc3)CC2)n(C)n1. The molecule has 0 radical (unpaired) electrons. The summed E-state index contributed by atoms with van der Waals surface area (Å²) in [6.07, 6.45) is 4.37. The second-order valence-electron chi connectivity index (χ2n) is 6.75. The van der Waals surface area contributed by atoms with E-state index < -0.39 is 0 Å². The number of hydrogen-bond acceptors (Lipinski definition) is 2. The Hall–Kier alpha value is -2.30. The molecule has 1 heterocycles. The average molecular weight is 326 g/mol. The Morgan fingerprint density at radius 3 is 2.46 bits per heavy atom. The van der Waals surface area contributed by atoms with Gasteiger partial charge in [0, 0.05) is 26.2 Å². The van der Waals surface area contributed by atoms with E-state index in [4.69, 9.17) is 0 Å². The molecule has 2 aromatic rings. The summed E-state index contributed by atoms with van der Waals surface area (Å²) in [5, 5.41) is 7.22. The van der Waals surface area contributed by atoms with Crippen molar-refractivity contribution in [3.8, 4) is 0 Å².